The maximum Gasteiger partial charge on any atom is 0.257 e. The number of carbonyl (C=O) groups excluding carboxylic acids is 1. The number of nitrogens with one attached hydrogen (secondary N) is 1. The van der Waals surface area contributed by atoms with Crippen LogP contribution in [0.1, 0.15) is 27.4 Å². The first-order chi connectivity index (χ1) is 12.9. The lowest BCUT2D eigenvalue weighted by atomic mass is 10.2. The quantitative estimate of drug-likeness (QED) is 0.604. The van der Waals surface area contributed by atoms with Gasteiger partial charge in [-0.2, -0.15) is 10.4 Å². The number of thiazole rings is 1. The van der Waals surface area contributed by atoms with E-state index in [9.17, 15) is 4.79 Å². The minimum Gasteiger partial charge on any atom is -0.298 e. The lowest BCUT2D eigenvalue weighted by Gasteiger charge is -2.06. The van der Waals surface area contributed by atoms with Crippen LogP contribution in [0.2, 0.25) is 5.02 Å². The van der Waals surface area contributed by atoms with Crippen LogP contribution in [0.5, 0.6) is 0 Å². The van der Waals surface area contributed by atoms with Gasteiger partial charge in [0.15, 0.2) is 5.13 Å². The molecule has 0 fully saturated rings. The Morgan fingerprint density at radius 1 is 1.30 bits per heavy atom. The van der Waals surface area contributed by atoms with Crippen LogP contribution in [-0.2, 0) is 0 Å². The van der Waals surface area contributed by atoms with E-state index in [1.807, 2.05) is 32.9 Å². The summed E-state index contributed by atoms with van der Waals surface area (Å²) in [5, 5.41) is 17.1. The SMILES string of the molecule is Cc1nc(NC(=O)c2ccc(-n3nc(C)c(Cl)c3C)cc2)sc1SCC#N. The van der Waals surface area contributed by atoms with E-state index < -0.39 is 0 Å². The molecule has 0 atom stereocenters. The number of aryl methyl sites for hydroxylation is 2. The lowest BCUT2D eigenvalue weighted by molar-refractivity contribution is 0.102. The largest absolute Gasteiger partial charge is 0.298 e. The van der Waals surface area contributed by atoms with Crippen molar-refractivity contribution in [2.75, 3.05) is 11.1 Å². The minimum atomic E-state index is -0.237. The topological polar surface area (TPSA) is 83.6 Å². The summed E-state index contributed by atoms with van der Waals surface area (Å²) in [6.45, 7) is 5.61. The number of benzene rings is 1. The van der Waals surface area contributed by atoms with Gasteiger partial charge in [-0.3, -0.25) is 10.1 Å². The molecule has 1 N–H and O–H groups in total. The van der Waals surface area contributed by atoms with Crippen molar-refractivity contribution in [3.05, 3.63) is 51.9 Å². The Hall–Kier alpha value is -2.34. The number of halogens is 1. The van der Waals surface area contributed by atoms with Crippen LogP contribution >= 0.6 is 34.7 Å². The molecule has 0 bridgehead atoms. The molecule has 9 heteroatoms. The number of amides is 1. The predicted octanol–water partition coefficient (Wildman–Crippen LogP) is 4.78. The summed E-state index contributed by atoms with van der Waals surface area (Å²) in [6.07, 6.45) is 0. The molecule has 0 spiro atoms. The van der Waals surface area contributed by atoms with E-state index in [0.29, 0.717) is 21.5 Å². The fourth-order valence-corrected chi connectivity index (χ4v) is 4.38. The summed E-state index contributed by atoms with van der Waals surface area (Å²) < 4.78 is 2.69. The van der Waals surface area contributed by atoms with Crippen molar-refractivity contribution in [3.8, 4) is 11.8 Å². The number of rotatable bonds is 5. The summed E-state index contributed by atoms with van der Waals surface area (Å²) in [6, 6.07) is 9.21. The first kappa shape index (κ1) is 19.4. The molecule has 1 aromatic carbocycles. The van der Waals surface area contributed by atoms with Crippen LogP contribution in [0.3, 0.4) is 0 Å². The second kappa shape index (κ2) is 8.13. The average molecular weight is 418 g/mol. The number of carbonyl (C=O) groups is 1. The highest BCUT2D eigenvalue weighted by Gasteiger charge is 2.14. The fraction of sp³-hybridized carbons (Fsp3) is 0.222. The second-order valence-electron chi connectivity index (χ2n) is 5.74. The Morgan fingerprint density at radius 3 is 2.59 bits per heavy atom. The molecule has 138 valence electrons. The molecule has 0 aliphatic carbocycles. The zero-order valence-electron chi connectivity index (χ0n) is 14.9. The van der Waals surface area contributed by atoms with Crippen LogP contribution in [0.15, 0.2) is 28.5 Å². The monoisotopic (exact) mass is 417 g/mol. The molecule has 0 aliphatic rings. The number of hydrogen-bond acceptors (Lipinski definition) is 6. The van der Waals surface area contributed by atoms with Gasteiger partial charge >= 0.3 is 0 Å². The van der Waals surface area contributed by atoms with Gasteiger partial charge in [-0.05, 0) is 45.0 Å². The molecule has 0 aliphatic heterocycles. The van der Waals surface area contributed by atoms with Gasteiger partial charge in [-0.1, -0.05) is 34.7 Å². The average Bonchev–Trinajstić information content (AvgIpc) is 3.13. The molecule has 3 rings (SSSR count). The molecular weight excluding hydrogens is 402 g/mol. The third kappa shape index (κ3) is 4.16. The Balaban J connectivity index is 1.74. The Morgan fingerprint density at radius 2 is 2.00 bits per heavy atom. The van der Waals surface area contributed by atoms with Crippen molar-refractivity contribution in [2.45, 2.75) is 25.0 Å². The van der Waals surface area contributed by atoms with Crippen molar-refractivity contribution in [1.82, 2.24) is 14.8 Å². The molecule has 0 saturated heterocycles. The third-order valence-corrected chi connectivity index (χ3v) is 6.67. The molecule has 1 amide bonds. The molecule has 0 radical (unpaired) electrons. The summed E-state index contributed by atoms with van der Waals surface area (Å²) in [4.78, 5) is 16.8. The number of thioether (sulfide) groups is 1. The molecule has 2 heterocycles. The van der Waals surface area contributed by atoms with E-state index in [4.69, 9.17) is 16.9 Å². The Bertz CT molecular complexity index is 1030. The number of hydrogen-bond donors (Lipinski definition) is 1. The number of nitriles is 1. The Labute approximate surface area is 170 Å². The van der Waals surface area contributed by atoms with E-state index in [0.717, 1.165) is 27.0 Å². The minimum absolute atomic E-state index is 0.237. The molecule has 0 saturated carbocycles. The first-order valence-corrected chi connectivity index (χ1v) is 10.2. The normalized spacial score (nSPS) is 10.6. The van der Waals surface area contributed by atoms with Crippen molar-refractivity contribution < 1.29 is 4.79 Å². The molecule has 27 heavy (non-hydrogen) atoms. The standard InChI is InChI=1S/C18H16ClN5OS2/c1-10-15(19)12(3)24(23-10)14-6-4-13(5-7-14)16(25)22-18-21-11(2)17(27-18)26-9-8-20/h4-7H,9H2,1-3H3,(H,21,22,25). The zero-order chi connectivity index (χ0) is 19.6. The molecule has 6 nitrogen and oxygen atoms in total. The number of anilines is 1. The van der Waals surface area contributed by atoms with Crippen LogP contribution in [0.4, 0.5) is 5.13 Å². The van der Waals surface area contributed by atoms with Crippen molar-refractivity contribution in [3.63, 3.8) is 0 Å². The molecule has 0 unspecified atom stereocenters. The lowest BCUT2D eigenvalue weighted by Crippen LogP contribution is -2.12. The smallest absolute Gasteiger partial charge is 0.257 e. The van der Waals surface area contributed by atoms with E-state index >= 15 is 0 Å². The number of nitrogens with zero attached hydrogens (tertiary/aromatic N) is 4. The van der Waals surface area contributed by atoms with Gasteiger partial charge in [0.2, 0.25) is 0 Å². The maximum absolute atomic E-state index is 12.5. The summed E-state index contributed by atoms with van der Waals surface area (Å²) in [5.74, 6) is 0.118. The van der Waals surface area contributed by atoms with Crippen LogP contribution in [-0.4, -0.2) is 26.4 Å². The van der Waals surface area contributed by atoms with Crippen LogP contribution < -0.4 is 5.32 Å². The molecule has 3 aromatic rings. The predicted molar refractivity (Wildman–Crippen MR) is 109 cm³/mol. The summed E-state index contributed by atoms with van der Waals surface area (Å²) in [7, 11) is 0. The van der Waals surface area contributed by atoms with Crippen LogP contribution in [0.25, 0.3) is 5.69 Å². The van der Waals surface area contributed by atoms with E-state index in [1.54, 1.807) is 16.8 Å². The van der Waals surface area contributed by atoms with Gasteiger partial charge in [0.1, 0.15) is 0 Å². The highest BCUT2D eigenvalue weighted by Crippen LogP contribution is 2.32. The van der Waals surface area contributed by atoms with Crippen molar-refractivity contribution in [2.24, 2.45) is 0 Å². The van der Waals surface area contributed by atoms with E-state index in [1.165, 1.54) is 23.1 Å². The van der Waals surface area contributed by atoms with E-state index in [2.05, 4.69) is 21.5 Å². The van der Waals surface area contributed by atoms with Crippen molar-refractivity contribution >= 4 is 45.7 Å². The van der Waals surface area contributed by atoms with E-state index in [-0.39, 0.29) is 5.91 Å². The second-order valence-corrected chi connectivity index (χ2v) is 8.36. The number of aromatic nitrogens is 3. The molecule has 2 aromatic heterocycles. The van der Waals surface area contributed by atoms with Gasteiger partial charge in [0.25, 0.3) is 5.91 Å². The highest BCUT2D eigenvalue weighted by molar-refractivity contribution is 8.01. The summed E-state index contributed by atoms with van der Waals surface area (Å²) in [5.41, 5.74) is 3.78. The maximum atomic E-state index is 12.5. The van der Waals surface area contributed by atoms with Gasteiger partial charge in [-0.25, -0.2) is 9.67 Å². The summed E-state index contributed by atoms with van der Waals surface area (Å²) >= 11 is 8.98. The highest BCUT2D eigenvalue weighted by atomic mass is 35.5. The molecular formula is C18H16ClN5OS2. The fourth-order valence-electron chi connectivity index (χ4n) is 2.47. The Kier molecular flexibility index (Phi) is 5.85. The van der Waals surface area contributed by atoms with Crippen molar-refractivity contribution in [1.29, 1.82) is 5.26 Å². The van der Waals surface area contributed by atoms with Crippen LogP contribution in [0, 0.1) is 32.1 Å². The van der Waals surface area contributed by atoms with Gasteiger partial charge < -0.3 is 0 Å². The van der Waals surface area contributed by atoms with Gasteiger partial charge in [0.05, 0.1) is 43.8 Å². The third-order valence-electron chi connectivity index (χ3n) is 3.82. The zero-order valence-corrected chi connectivity index (χ0v) is 17.3. The van der Waals surface area contributed by atoms with Gasteiger partial charge in [-0.15, -0.1) is 0 Å². The first-order valence-electron chi connectivity index (χ1n) is 8.01. The van der Waals surface area contributed by atoms with Gasteiger partial charge in [0, 0.05) is 5.56 Å².